The molecule has 0 unspecified atom stereocenters. The Hall–Kier alpha value is -3.86. The van der Waals surface area contributed by atoms with Gasteiger partial charge in [0.15, 0.2) is 17.3 Å². The number of nitrogens with one attached hydrogen (secondary N) is 1. The molecule has 0 fully saturated rings. The van der Waals surface area contributed by atoms with Crippen LogP contribution in [0.5, 0.6) is 23.0 Å². The van der Waals surface area contributed by atoms with Gasteiger partial charge in [0.25, 0.3) is 0 Å². The van der Waals surface area contributed by atoms with E-state index in [1.165, 1.54) is 6.08 Å². The molecule has 0 radical (unpaired) electrons. The maximum atomic E-state index is 12.1. The van der Waals surface area contributed by atoms with E-state index in [0.717, 1.165) is 17.3 Å². The molecule has 3 aromatic carbocycles. The van der Waals surface area contributed by atoms with Gasteiger partial charge in [-0.25, -0.2) is 9.78 Å². The topological polar surface area (TPSA) is 116 Å². The highest BCUT2D eigenvalue weighted by molar-refractivity contribution is 8.04. The lowest BCUT2D eigenvalue weighted by molar-refractivity contribution is -0.131. The molecule has 0 spiro atoms. The lowest BCUT2D eigenvalue weighted by Crippen LogP contribution is -2.01. The number of aromatic nitrogens is 3. The quantitative estimate of drug-likeness (QED) is 0.131. The summed E-state index contributed by atoms with van der Waals surface area (Å²) in [7, 11) is 3.10. The Morgan fingerprint density at radius 2 is 1.75 bits per heavy atom. The van der Waals surface area contributed by atoms with E-state index in [0.29, 0.717) is 56.6 Å². The zero-order valence-corrected chi connectivity index (χ0v) is 24.1. The highest BCUT2D eigenvalue weighted by Crippen LogP contribution is 2.34. The van der Waals surface area contributed by atoms with Crippen LogP contribution in [0.1, 0.15) is 18.1 Å². The van der Waals surface area contributed by atoms with Gasteiger partial charge in [0.05, 0.1) is 20.8 Å². The van der Waals surface area contributed by atoms with Gasteiger partial charge in [0.2, 0.25) is 5.16 Å². The van der Waals surface area contributed by atoms with Crippen molar-refractivity contribution in [1.82, 2.24) is 15.2 Å². The minimum Gasteiger partial charge on any atom is -0.497 e. The third-order valence-corrected chi connectivity index (χ3v) is 6.93. The van der Waals surface area contributed by atoms with Crippen LogP contribution in [0, 0.1) is 0 Å². The summed E-state index contributed by atoms with van der Waals surface area (Å²) in [5.41, 5.74) is 2.03. The zero-order chi connectivity index (χ0) is 28.6. The standard InChI is InChI=1S/C28H25Cl2N3O6S/c1-4-38-24-9-16(5-8-23(24)39-15-17-6-7-19(29)13-22(17)30)10-25(27(34)35)40-28-31-26(32-33-28)18-11-20(36-2)14-21(12-18)37-3/h5-14H,4,15H2,1-3H3,(H,34,35)(H,31,32,33)/b25-10-. The van der Waals surface area contributed by atoms with Crippen molar-refractivity contribution in [2.45, 2.75) is 18.7 Å². The number of aromatic amines is 1. The summed E-state index contributed by atoms with van der Waals surface area (Å²) in [6.45, 7) is 2.44. The van der Waals surface area contributed by atoms with Crippen molar-refractivity contribution >= 4 is 47.0 Å². The van der Waals surface area contributed by atoms with E-state index < -0.39 is 5.97 Å². The molecule has 2 N–H and O–H groups in total. The molecule has 0 aliphatic heterocycles. The molecule has 9 nitrogen and oxygen atoms in total. The van der Waals surface area contributed by atoms with Crippen molar-refractivity contribution in [2.75, 3.05) is 20.8 Å². The van der Waals surface area contributed by atoms with E-state index in [9.17, 15) is 9.90 Å². The summed E-state index contributed by atoms with van der Waals surface area (Å²) in [5.74, 6) is 1.42. The second kappa shape index (κ2) is 13.5. The summed E-state index contributed by atoms with van der Waals surface area (Å²) >= 11 is 13.1. The van der Waals surface area contributed by atoms with Crippen molar-refractivity contribution in [3.8, 4) is 34.4 Å². The van der Waals surface area contributed by atoms with Crippen LogP contribution >= 0.6 is 35.0 Å². The number of aliphatic carboxylic acids is 1. The number of carboxylic acids is 1. The van der Waals surface area contributed by atoms with Crippen molar-refractivity contribution < 1.29 is 28.8 Å². The number of ether oxygens (including phenoxy) is 4. The van der Waals surface area contributed by atoms with E-state index in [2.05, 4.69) is 15.2 Å². The van der Waals surface area contributed by atoms with Gasteiger partial charge in [0.1, 0.15) is 23.0 Å². The van der Waals surface area contributed by atoms with Gasteiger partial charge in [-0.2, -0.15) is 0 Å². The number of rotatable bonds is 12. The van der Waals surface area contributed by atoms with Crippen LogP contribution in [0.25, 0.3) is 17.5 Å². The molecule has 0 atom stereocenters. The monoisotopic (exact) mass is 601 g/mol. The first-order valence-electron chi connectivity index (χ1n) is 11.9. The molecule has 0 aliphatic rings. The predicted octanol–water partition coefficient (Wildman–Crippen LogP) is 6.99. The summed E-state index contributed by atoms with van der Waals surface area (Å²) in [5, 5.41) is 18.1. The molecule has 0 aliphatic carbocycles. The number of thioether (sulfide) groups is 1. The van der Waals surface area contributed by atoms with Crippen LogP contribution in [0.2, 0.25) is 10.0 Å². The van der Waals surface area contributed by atoms with Crippen LogP contribution in [0.3, 0.4) is 0 Å². The van der Waals surface area contributed by atoms with Gasteiger partial charge in [-0.3, -0.25) is 5.10 Å². The Kier molecular flexibility index (Phi) is 9.81. The van der Waals surface area contributed by atoms with Crippen molar-refractivity contribution in [2.24, 2.45) is 0 Å². The molecule has 4 aromatic rings. The Bertz CT molecular complexity index is 1520. The fraction of sp³-hybridized carbons (Fsp3) is 0.179. The molecule has 4 rings (SSSR count). The molecule has 0 amide bonds. The van der Waals surface area contributed by atoms with Crippen molar-refractivity contribution in [3.63, 3.8) is 0 Å². The van der Waals surface area contributed by atoms with Crippen molar-refractivity contribution in [3.05, 3.63) is 80.7 Å². The number of benzene rings is 3. The summed E-state index contributed by atoms with van der Waals surface area (Å²) in [6, 6.07) is 15.6. The second-order valence-electron chi connectivity index (χ2n) is 8.15. The van der Waals surface area contributed by atoms with Gasteiger partial charge in [-0.15, -0.1) is 5.10 Å². The smallest absolute Gasteiger partial charge is 0.342 e. The highest BCUT2D eigenvalue weighted by atomic mass is 35.5. The summed E-state index contributed by atoms with van der Waals surface area (Å²) < 4.78 is 22.3. The van der Waals surface area contributed by atoms with E-state index in [-0.39, 0.29) is 16.7 Å². The van der Waals surface area contributed by atoms with Crippen LogP contribution in [0.4, 0.5) is 0 Å². The lowest BCUT2D eigenvalue weighted by atomic mass is 10.2. The number of nitrogens with zero attached hydrogens (tertiary/aromatic N) is 2. The molecular formula is C28H25Cl2N3O6S. The third-order valence-electron chi connectivity index (χ3n) is 5.47. The molecule has 0 saturated carbocycles. The van der Waals surface area contributed by atoms with Crippen LogP contribution in [-0.4, -0.2) is 47.1 Å². The minimum atomic E-state index is -1.13. The molecule has 1 heterocycles. The van der Waals surface area contributed by atoms with Gasteiger partial charge < -0.3 is 24.1 Å². The largest absolute Gasteiger partial charge is 0.497 e. The fourth-order valence-corrected chi connectivity index (χ4v) is 4.72. The molecule has 208 valence electrons. The molecule has 1 aromatic heterocycles. The average Bonchev–Trinajstić information content (AvgIpc) is 3.41. The van der Waals surface area contributed by atoms with E-state index in [1.54, 1.807) is 68.8 Å². The van der Waals surface area contributed by atoms with Gasteiger partial charge in [-0.1, -0.05) is 35.3 Å². The van der Waals surface area contributed by atoms with E-state index in [1.807, 2.05) is 6.92 Å². The number of hydrogen-bond acceptors (Lipinski definition) is 8. The number of halogens is 2. The molecule has 40 heavy (non-hydrogen) atoms. The number of hydrogen-bond donors (Lipinski definition) is 2. The van der Waals surface area contributed by atoms with E-state index >= 15 is 0 Å². The molecule has 0 saturated heterocycles. The number of H-pyrrole nitrogens is 1. The van der Waals surface area contributed by atoms with Crippen LogP contribution < -0.4 is 18.9 Å². The number of carbonyl (C=O) groups is 1. The Labute approximate surface area is 245 Å². The SMILES string of the molecule is CCOc1cc(/C=C(\Sc2n[nH]c(-c3cc(OC)cc(OC)c3)n2)C(=O)O)ccc1OCc1ccc(Cl)cc1Cl. The second-order valence-corrected chi connectivity index (χ2v) is 10.0. The van der Waals surface area contributed by atoms with Gasteiger partial charge >= 0.3 is 5.97 Å². The molecular weight excluding hydrogens is 577 g/mol. The first kappa shape index (κ1) is 29.1. The Balaban J connectivity index is 1.55. The third kappa shape index (κ3) is 7.41. The lowest BCUT2D eigenvalue weighted by Gasteiger charge is -2.13. The Morgan fingerprint density at radius 3 is 2.40 bits per heavy atom. The van der Waals surface area contributed by atoms with Crippen LogP contribution in [0.15, 0.2) is 64.7 Å². The Morgan fingerprint density at radius 1 is 1.00 bits per heavy atom. The molecule has 12 heteroatoms. The van der Waals surface area contributed by atoms with Gasteiger partial charge in [0, 0.05) is 27.2 Å². The number of carboxylic acid groups (broad SMARTS) is 1. The molecule has 0 bridgehead atoms. The van der Waals surface area contributed by atoms with Crippen molar-refractivity contribution in [1.29, 1.82) is 0 Å². The fourth-order valence-electron chi connectivity index (χ4n) is 3.55. The minimum absolute atomic E-state index is 0.0119. The van der Waals surface area contributed by atoms with Gasteiger partial charge in [-0.05, 0) is 66.7 Å². The first-order valence-corrected chi connectivity index (χ1v) is 13.5. The normalized spacial score (nSPS) is 11.3. The van der Waals surface area contributed by atoms with Crippen LogP contribution in [-0.2, 0) is 11.4 Å². The first-order chi connectivity index (χ1) is 19.3. The predicted molar refractivity (Wildman–Crippen MR) is 155 cm³/mol. The van der Waals surface area contributed by atoms with E-state index in [4.69, 9.17) is 42.1 Å². The maximum Gasteiger partial charge on any atom is 0.342 e. The highest BCUT2D eigenvalue weighted by Gasteiger charge is 2.16. The maximum absolute atomic E-state index is 12.1. The summed E-state index contributed by atoms with van der Waals surface area (Å²) in [6.07, 6.45) is 1.51. The summed E-state index contributed by atoms with van der Waals surface area (Å²) in [4.78, 5) is 16.5. The number of methoxy groups -OCH3 is 2. The average molecular weight is 602 g/mol. The zero-order valence-electron chi connectivity index (χ0n) is 21.7.